The van der Waals surface area contributed by atoms with Crippen LogP contribution in [0.1, 0.15) is 25.5 Å². The number of likely N-dealkylation sites (N-methyl/N-ethyl adjacent to an activating group) is 1. The van der Waals surface area contributed by atoms with Gasteiger partial charge in [-0.2, -0.15) is 0 Å². The van der Waals surface area contributed by atoms with Crippen LogP contribution in [-0.4, -0.2) is 49.0 Å². The van der Waals surface area contributed by atoms with Crippen LogP contribution in [-0.2, 0) is 4.74 Å². The summed E-state index contributed by atoms with van der Waals surface area (Å²) < 4.78 is 11.3. The standard InChI is InChI=1S/C15H23NO3/c1-11(2)19-13-6-4-5-12(9-13)15(17)14-10-16(3)7-8-18-14/h4-6,9,11,14-15,17H,7-8,10H2,1-3H3. The van der Waals surface area contributed by atoms with Gasteiger partial charge in [0.05, 0.1) is 12.7 Å². The van der Waals surface area contributed by atoms with Gasteiger partial charge in [-0.1, -0.05) is 12.1 Å². The molecule has 0 amide bonds. The molecule has 1 heterocycles. The second-order valence-corrected chi connectivity index (χ2v) is 5.36. The van der Waals surface area contributed by atoms with Crippen LogP contribution in [0.4, 0.5) is 0 Å². The fraction of sp³-hybridized carbons (Fsp3) is 0.600. The van der Waals surface area contributed by atoms with Crippen molar-refractivity contribution in [3.8, 4) is 5.75 Å². The maximum absolute atomic E-state index is 10.4. The molecule has 1 aromatic carbocycles. The number of aliphatic hydroxyl groups is 1. The number of ether oxygens (including phenoxy) is 2. The highest BCUT2D eigenvalue weighted by Gasteiger charge is 2.26. The third-order valence-corrected chi connectivity index (χ3v) is 3.22. The van der Waals surface area contributed by atoms with Gasteiger partial charge in [0.15, 0.2) is 0 Å². The molecule has 0 saturated carbocycles. The van der Waals surface area contributed by atoms with E-state index in [4.69, 9.17) is 9.47 Å². The van der Waals surface area contributed by atoms with E-state index >= 15 is 0 Å². The lowest BCUT2D eigenvalue weighted by molar-refractivity contribution is -0.0845. The average molecular weight is 265 g/mol. The van der Waals surface area contributed by atoms with E-state index in [1.807, 2.05) is 45.2 Å². The van der Waals surface area contributed by atoms with Gasteiger partial charge in [0.25, 0.3) is 0 Å². The highest BCUT2D eigenvalue weighted by molar-refractivity contribution is 5.30. The molecule has 0 aromatic heterocycles. The minimum absolute atomic E-state index is 0.129. The summed E-state index contributed by atoms with van der Waals surface area (Å²) in [6.45, 7) is 6.31. The largest absolute Gasteiger partial charge is 0.491 e. The van der Waals surface area contributed by atoms with Crippen molar-refractivity contribution >= 4 is 0 Å². The molecule has 1 aliphatic rings. The molecule has 2 unspecified atom stereocenters. The van der Waals surface area contributed by atoms with E-state index < -0.39 is 6.10 Å². The number of morpholine rings is 1. The molecule has 1 N–H and O–H groups in total. The summed E-state index contributed by atoms with van der Waals surface area (Å²) in [6, 6.07) is 7.62. The molecule has 4 nitrogen and oxygen atoms in total. The Kier molecular flexibility index (Phi) is 4.80. The van der Waals surface area contributed by atoms with Crippen molar-refractivity contribution in [2.45, 2.75) is 32.2 Å². The lowest BCUT2D eigenvalue weighted by atomic mass is 10.0. The first kappa shape index (κ1) is 14.3. The molecule has 4 heteroatoms. The summed E-state index contributed by atoms with van der Waals surface area (Å²) in [7, 11) is 2.04. The van der Waals surface area contributed by atoms with Crippen molar-refractivity contribution in [3.63, 3.8) is 0 Å². The van der Waals surface area contributed by atoms with Crippen molar-refractivity contribution in [1.29, 1.82) is 0 Å². The molecular formula is C15H23NO3. The minimum Gasteiger partial charge on any atom is -0.491 e. The lowest BCUT2D eigenvalue weighted by Crippen LogP contribution is -2.42. The summed E-state index contributed by atoms with van der Waals surface area (Å²) in [6.07, 6.45) is -0.657. The first-order chi connectivity index (χ1) is 9.06. The molecule has 1 aromatic rings. The van der Waals surface area contributed by atoms with E-state index in [0.717, 1.165) is 24.4 Å². The van der Waals surface area contributed by atoms with Gasteiger partial charge in [0.2, 0.25) is 0 Å². The molecule has 0 radical (unpaired) electrons. The molecule has 0 aliphatic carbocycles. The van der Waals surface area contributed by atoms with Crippen molar-refractivity contribution in [1.82, 2.24) is 4.90 Å². The monoisotopic (exact) mass is 265 g/mol. The van der Waals surface area contributed by atoms with Crippen molar-refractivity contribution in [2.75, 3.05) is 26.7 Å². The maximum atomic E-state index is 10.4. The van der Waals surface area contributed by atoms with Crippen molar-refractivity contribution < 1.29 is 14.6 Å². The van der Waals surface area contributed by atoms with Gasteiger partial charge in [-0.05, 0) is 38.6 Å². The molecule has 1 saturated heterocycles. The summed E-state index contributed by atoms with van der Waals surface area (Å²) in [5.74, 6) is 0.788. The zero-order valence-corrected chi connectivity index (χ0v) is 11.9. The normalized spacial score (nSPS) is 22.5. The Bertz CT molecular complexity index is 408. The van der Waals surface area contributed by atoms with E-state index in [9.17, 15) is 5.11 Å². The molecule has 19 heavy (non-hydrogen) atoms. The van der Waals surface area contributed by atoms with Crippen molar-refractivity contribution in [3.05, 3.63) is 29.8 Å². The fourth-order valence-corrected chi connectivity index (χ4v) is 2.26. The Hall–Kier alpha value is -1.10. The predicted molar refractivity (Wildman–Crippen MR) is 74.4 cm³/mol. The topological polar surface area (TPSA) is 41.9 Å². The molecule has 2 atom stereocenters. The number of aliphatic hydroxyl groups excluding tert-OH is 1. The molecule has 1 aliphatic heterocycles. The van der Waals surface area contributed by atoms with Gasteiger partial charge in [0.1, 0.15) is 18.0 Å². The van der Waals surface area contributed by atoms with E-state index in [-0.39, 0.29) is 12.2 Å². The number of hydrogen-bond donors (Lipinski definition) is 1. The zero-order chi connectivity index (χ0) is 13.8. The van der Waals surface area contributed by atoms with E-state index in [0.29, 0.717) is 6.61 Å². The van der Waals surface area contributed by atoms with E-state index in [1.54, 1.807) is 0 Å². The SMILES string of the molecule is CC(C)Oc1cccc(C(O)C2CN(C)CCO2)c1. The summed E-state index contributed by atoms with van der Waals surface area (Å²) in [5.41, 5.74) is 0.846. The smallest absolute Gasteiger partial charge is 0.120 e. The highest BCUT2D eigenvalue weighted by atomic mass is 16.5. The zero-order valence-electron chi connectivity index (χ0n) is 11.9. The molecule has 106 valence electrons. The molecule has 0 bridgehead atoms. The second-order valence-electron chi connectivity index (χ2n) is 5.36. The third kappa shape index (κ3) is 3.93. The maximum Gasteiger partial charge on any atom is 0.120 e. The second kappa shape index (κ2) is 6.37. The molecule has 2 rings (SSSR count). The number of nitrogens with zero attached hydrogens (tertiary/aromatic N) is 1. The van der Waals surface area contributed by atoms with Gasteiger partial charge in [-0.15, -0.1) is 0 Å². The summed E-state index contributed by atoms with van der Waals surface area (Å²) in [4.78, 5) is 2.17. The average Bonchev–Trinajstić information content (AvgIpc) is 2.37. The Balaban J connectivity index is 2.07. The Morgan fingerprint density at radius 3 is 2.89 bits per heavy atom. The third-order valence-electron chi connectivity index (χ3n) is 3.22. The highest BCUT2D eigenvalue weighted by Crippen LogP contribution is 2.25. The van der Waals surface area contributed by atoms with Crippen LogP contribution in [0.15, 0.2) is 24.3 Å². The Morgan fingerprint density at radius 1 is 1.42 bits per heavy atom. The molecule has 0 spiro atoms. The van der Waals surface area contributed by atoms with Crippen molar-refractivity contribution in [2.24, 2.45) is 0 Å². The van der Waals surface area contributed by atoms with Crippen LogP contribution in [0.5, 0.6) is 5.75 Å². The van der Waals surface area contributed by atoms with Gasteiger partial charge in [-0.3, -0.25) is 0 Å². The minimum atomic E-state index is -0.613. The van der Waals surface area contributed by atoms with Crippen LogP contribution in [0.2, 0.25) is 0 Å². The number of benzene rings is 1. The number of rotatable bonds is 4. The van der Waals surface area contributed by atoms with E-state index in [2.05, 4.69) is 4.90 Å². The van der Waals surface area contributed by atoms with Crippen LogP contribution >= 0.6 is 0 Å². The molecule has 1 fully saturated rings. The van der Waals surface area contributed by atoms with Gasteiger partial charge >= 0.3 is 0 Å². The van der Waals surface area contributed by atoms with Gasteiger partial charge < -0.3 is 19.5 Å². The Labute approximate surface area is 114 Å². The summed E-state index contributed by atoms with van der Waals surface area (Å²) >= 11 is 0. The van der Waals surface area contributed by atoms with Crippen LogP contribution < -0.4 is 4.74 Å². The van der Waals surface area contributed by atoms with Crippen LogP contribution in [0.25, 0.3) is 0 Å². The predicted octanol–water partition coefficient (Wildman–Crippen LogP) is 1.84. The van der Waals surface area contributed by atoms with Crippen LogP contribution in [0.3, 0.4) is 0 Å². The first-order valence-electron chi connectivity index (χ1n) is 6.81. The first-order valence-corrected chi connectivity index (χ1v) is 6.81. The Morgan fingerprint density at radius 2 is 2.21 bits per heavy atom. The van der Waals surface area contributed by atoms with Crippen LogP contribution in [0, 0.1) is 0 Å². The van der Waals surface area contributed by atoms with Gasteiger partial charge in [-0.25, -0.2) is 0 Å². The summed E-state index contributed by atoms with van der Waals surface area (Å²) in [5, 5.41) is 10.4. The van der Waals surface area contributed by atoms with E-state index in [1.165, 1.54) is 0 Å². The molecular weight excluding hydrogens is 242 g/mol. The quantitative estimate of drug-likeness (QED) is 0.902. The lowest BCUT2D eigenvalue weighted by Gasteiger charge is -2.33. The fourth-order valence-electron chi connectivity index (χ4n) is 2.26. The number of hydrogen-bond acceptors (Lipinski definition) is 4. The van der Waals surface area contributed by atoms with Gasteiger partial charge in [0, 0.05) is 13.1 Å².